The van der Waals surface area contributed by atoms with E-state index in [1.807, 2.05) is 25.1 Å². The zero-order valence-electron chi connectivity index (χ0n) is 11.8. The summed E-state index contributed by atoms with van der Waals surface area (Å²) >= 11 is 12.1. The van der Waals surface area contributed by atoms with Gasteiger partial charge in [0.2, 0.25) is 5.88 Å². The van der Waals surface area contributed by atoms with E-state index in [9.17, 15) is 0 Å². The van der Waals surface area contributed by atoms with Gasteiger partial charge in [0.1, 0.15) is 10.8 Å². The highest BCUT2D eigenvalue weighted by atomic mass is 35.5. The monoisotopic (exact) mass is 326 g/mol. The van der Waals surface area contributed by atoms with Crippen LogP contribution in [0.2, 0.25) is 10.0 Å². The van der Waals surface area contributed by atoms with Gasteiger partial charge in [0.25, 0.3) is 0 Å². The molecule has 2 aromatic rings. The van der Waals surface area contributed by atoms with Crippen LogP contribution in [0, 0.1) is 0 Å². The topological polar surface area (TPSA) is 43.4 Å². The Bertz CT molecular complexity index is 621. The summed E-state index contributed by atoms with van der Waals surface area (Å²) in [6.07, 6.45) is 0.915. The molecule has 112 valence electrons. The van der Waals surface area contributed by atoms with Crippen LogP contribution in [-0.2, 0) is 0 Å². The summed E-state index contributed by atoms with van der Waals surface area (Å²) in [5, 5.41) is 3.66. The number of benzene rings is 1. The van der Waals surface area contributed by atoms with E-state index in [2.05, 4.69) is 10.3 Å². The van der Waals surface area contributed by atoms with Crippen LogP contribution in [0.4, 0.5) is 5.82 Å². The van der Waals surface area contributed by atoms with Crippen molar-refractivity contribution < 1.29 is 9.47 Å². The first-order valence-electron chi connectivity index (χ1n) is 6.59. The van der Waals surface area contributed by atoms with Gasteiger partial charge in [-0.3, -0.25) is 0 Å². The first-order chi connectivity index (χ1) is 10.2. The van der Waals surface area contributed by atoms with E-state index in [1.54, 1.807) is 19.2 Å². The minimum Gasteiger partial charge on any atom is -0.490 e. The van der Waals surface area contributed by atoms with Crippen molar-refractivity contribution in [1.82, 2.24) is 4.98 Å². The van der Waals surface area contributed by atoms with Gasteiger partial charge in [-0.05, 0) is 24.6 Å². The molecule has 1 aromatic carbocycles. The number of hydrogen-bond acceptors (Lipinski definition) is 4. The molecule has 21 heavy (non-hydrogen) atoms. The molecule has 0 aliphatic carbocycles. The molecular formula is C15H16Cl2N2O2. The number of nitrogens with zero attached hydrogens (tertiary/aromatic N) is 1. The van der Waals surface area contributed by atoms with Crippen molar-refractivity contribution in [2.75, 3.05) is 19.0 Å². The number of aromatic nitrogens is 1. The number of anilines is 1. The molecule has 0 bridgehead atoms. The maximum Gasteiger partial charge on any atom is 0.240 e. The lowest BCUT2D eigenvalue weighted by Gasteiger charge is -2.13. The predicted molar refractivity (Wildman–Crippen MR) is 86.1 cm³/mol. The molecule has 2 rings (SSSR count). The fraction of sp³-hybridized carbons (Fsp3) is 0.267. The lowest BCUT2D eigenvalue weighted by molar-refractivity contribution is 0.301. The molecule has 6 heteroatoms. The third-order valence-corrected chi connectivity index (χ3v) is 3.21. The van der Waals surface area contributed by atoms with Crippen LogP contribution in [-0.4, -0.2) is 18.6 Å². The number of pyridine rings is 1. The number of para-hydroxylation sites is 2. The van der Waals surface area contributed by atoms with Crippen molar-refractivity contribution in [3.63, 3.8) is 0 Å². The molecule has 1 N–H and O–H groups in total. The lowest BCUT2D eigenvalue weighted by Crippen LogP contribution is -2.00. The van der Waals surface area contributed by atoms with Gasteiger partial charge >= 0.3 is 0 Å². The van der Waals surface area contributed by atoms with E-state index in [-0.39, 0.29) is 5.88 Å². The molecule has 0 fully saturated rings. The Morgan fingerprint density at radius 3 is 2.52 bits per heavy atom. The van der Waals surface area contributed by atoms with Gasteiger partial charge in [-0.2, -0.15) is 4.98 Å². The van der Waals surface area contributed by atoms with E-state index in [0.717, 1.165) is 6.42 Å². The lowest BCUT2D eigenvalue weighted by atomic mass is 10.3. The van der Waals surface area contributed by atoms with Crippen molar-refractivity contribution >= 4 is 29.0 Å². The minimum absolute atomic E-state index is 0.276. The Morgan fingerprint density at radius 2 is 1.86 bits per heavy atom. The Labute approximate surface area is 134 Å². The third-order valence-electron chi connectivity index (χ3n) is 2.65. The van der Waals surface area contributed by atoms with Gasteiger partial charge < -0.3 is 14.8 Å². The number of hydrogen-bond donors (Lipinski definition) is 1. The second-order valence-electron chi connectivity index (χ2n) is 4.25. The zero-order valence-corrected chi connectivity index (χ0v) is 13.3. The normalized spacial score (nSPS) is 10.3. The first-order valence-corrected chi connectivity index (χ1v) is 7.34. The Kier molecular flexibility index (Phi) is 5.53. The van der Waals surface area contributed by atoms with Gasteiger partial charge in [-0.1, -0.05) is 42.3 Å². The highest BCUT2D eigenvalue weighted by Gasteiger charge is 2.13. The Balaban J connectivity index is 2.30. The van der Waals surface area contributed by atoms with E-state index in [1.165, 1.54) is 0 Å². The van der Waals surface area contributed by atoms with E-state index in [0.29, 0.717) is 34.0 Å². The molecule has 4 nitrogen and oxygen atoms in total. The van der Waals surface area contributed by atoms with Crippen molar-refractivity contribution in [2.24, 2.45) is 0 Å². The number of rotatable bonds is 6. The minimum atomic E-state index is 0.276. The van der Waals surface area contributed by atoms with E-state index >= 15 is 0 Å². The van der Waals surface area contributed by atoms with Crippen LogP contribution in [0.1, 0.15) is 13.3 Å². The van der Waals surface area contributed by atoms with Gasteiger partial charge in [0.05, 0.1) is 11.6 Å². The molecule has 1 heterocycles. The standard InChI is InChI=1S/C15H16Cl2N2O2/c1-3-8-20-12-6-4-5-7-13(12)21-15-11(17)9-10(16)14(18-2)19-15/h4-7,9H,3,8H2,1-2H3,(H,18,19). The van der Waals surface area contributed by atoms with Crippen LogP contribution in [0.15, 0.2) is 30.3 Å². The number of ether oxygens (including phenoxy) is 2. The highest BCUT2D eigenvalue weighted by molar-refractivity contribution is 6.36. The molecule has 0 saturated carbocycles. The molecule has 0 atom stereocenters. The van der Waals surface area contributed by atoms with Gasteiger partial charge in [-0.25, -0.2) is 0 Å². The molecular weight excluding hydrogens is 311 g/mol. The molecule has 0 amide bonds. The summed E-state index contributed by atoms with van der Waals surface area (Å²) in [6, 6.07) is 8.97. The van der Waals surface area contributed by atoms with Gasteiger partial charge in [-0.15, -0.1) is 0 Å². The summed E-state index contributed by atoms with van der Waals surface area (Å²) in [7, 11) is 1.73. The summed E-state index contributed by atoms with van der Waals surface area (Å²) in [6.45, 7) is 2.66. The Hall–Kier alpha value is -1.65. The van der Waals surface area contributed by atoms with Crippen molar-refractivity contribution in [1.29, 1.82) is 0 Å². The average molecular weight is 327 g/mol. The first kappa shape index (κ1) is 15.7. The largest absolute Gasteiger partial charge is 0.490 e. The summed E-state index contributed by atoms with van der Waals surface area (Å²) < 4.78 is 11.4. The molecule has 0 radical (unpaired) electrons. The van der Waals surface area contributed by atoms with E-state index in [4.69, 9.17) is 32.7 Å². The van der Waals surface area contributed by atoms with Crippen molar-refractivity contribution in [3.05, 3.63) is 40.4 Å². The summed E-state index contributed by atoms with van der Waals surface area (Å²) in [5.74, 6) is 1.99. The predicted octanol–water partition coefficient (Wildman–Crippen LogP) is 5.01. The van der Waals surface area contributed by atoms with E-state index < -0.39 is 0 Å². The second kappa shape index (κ2) is 7.38. The van der Waals surface area contributed by atoms with Crippen LogP contribution < -0.4 is 14.8 Å². The molecule has 0 saturated heterocycles. The maximum absolute atomic E-state index is 6.12. The van der Waals surface area contributed by atoms with Gasteiger partial charge in [0, 0.05) is 7.05 Å². The molecule has 0 aliphatic heterocycles. The van der Waals surface area contributed by atoms with Crippen molar-refractivity contribution in [2.45, 2.75) is 13.3 Å². The number of nitrogens with one attached hydrogen (secondary N) is 1. The maximum atomic E-state index is 6.12. The molecule has 0 unspecified atom stereocenters. The smallest absolute Gasteiger partial charge is 0.240 e. The van der Waals surface area contributed by atoms with Crippen LogP contribution in [0.25, 0.3) is 0 Å². The fourth-order valence-corrected chi connectivity index (χ4v) is 2.16. The highest BCUT2D eigenvalue weighted by Crippen LogP contribution is 2.36. The van der Waals surface area contributed by atoms with Crippen molar-refractivity contribution in [3.8, 4) is 17.4 Å². The fourth-order valence-electron chi connectivity index (χ4n) is 1.67. The SMILES string of the molecule is CCCOc1ccccc1Oc1nc(NC)c(Cl)cc1Cl. The zero-order chi connectivity index (χ0) is 15.2. The molecule has 0 aliphatic rings. The molecule has 1 aromatic heterocycles. The molecule has 0 spiro atoms. The van der Waals surface area contributed by atoms with Crippen LogP contribution >= 0.6 is 23.2 Å². The van der Waals surface area contributed by atoms with Gasteiger partial charge in [0.15, 0.2) is 11.5 Å². The quantitative estimate of drug-likeness (QED) is 0.810. The summed E-state index contributed by atoms with van der Waals surface area (Å²) in [4.78, 5) is 4.25. The number of halogens is 2. The average Bonchev–Trinajstić information content (AvgIpc) is 2.49. The summed E-state index contributed by atoms with van der Waals surface area (Å²) in [5.41, 5.74) is 0. The van der Waals surface area contributed by atoms with Crippen LogP contribution in [0.3, 0.4) is 0 Å². The second-order valence-corrected chi connectivity index (χ2v) is 5.07. The third kappa shape index (κ3) is 3.93. The van der Waals surface area contributed by atoms with Crippen LogP contribution in [0.5, 0.6) is 17.4 Å². The Morgan fingerprint density at radius 1 is 1.14 bits per heavy atom.